The van der Waals surface area contributed by atoms with Crippen LogP contribution in [-0.2, 0) is 20.8 Å². The number of rotatable bonds is 17. The fraction of sp³-hybridized carbons (Fsp3) is 0.577. The molecule has 0 saturated heterocycles. The van der Waals surface area contributed by atoms with Crippen LogP contribution in [0.4, 0.5) is 4.79 Å². The number of carbonyl (C=O) groups excluding carboxylic acids is 3. The summed E-state index contributed by atoms with van der Waals surface area (Å²) in [4.78, 5) is 45.1. The maximum absolute atomic E-state index is 12.8. The number of nitrogens with one attached hydrogen (secondary N) is 3. The minimum absolute atomic E-state index is 0.0581. The number of carbonyl (C=O) groups is 3. The lowest BCUT2D eigenvalue weighted by atomic mass is 10.0. The van der Waals surface area contributed by atoms with Gasteiger partial charge in [-0.1, -0.05) is 0 Å². The van der Waals surface area contributed by atoms with Gasteiger partial charge in [0.2, 0.25) is 0 Å². The Labute approximate surface area is 219 Å². The zero-order chi connectivity index (χ0) is 27.7. The summed E-state index contributed by atoms with van der Waals surface area (Å²) in [6, 6.07) is 4.76. The zero-order valence-electron chi connectivity index (χ0n) is 22.4. The molecule has 0 radical (unpaired) electrons. The minimum Gasteiger partial charge on any atom is -0.444 e. The van der Waals surface area contributed by atoms with Gasteiger partial charge in [-0.15, -0.1) is 0 Å². The molecule has 206 valence electrons. The summed E-state index contributed by atoms with van der Waals surface area (Å²) in [6.07, 6.45) is -0.0466. The summed E-state index contributed by atoms with van der Waals surface area (Å²) in [7, 11) is 0. The highest BCUT2D eigenvalue weighted by atomic mass is 16.6. The van der Waals surface area contributed by atoms with E-state index >= 15 is 0 Å². The van der Waals surface area contributed by atoms with Crippen LogP contribution < -0.4 is 16.0 Å². The van der Waals surface area contributed by atoms with Gasteiger partial charge >= 0.3 is 6.09 Å². The third kappa shape index (κ3) is 14.7. The van der Waals surface area contributed by atoms with E-state index in [1.165, 1.54) is 6.07 Å². The number of alkyl carbamates (subject to hydrolysis) is 1. The largest absolute Gasteiger partial charge is 0.444 e. The van der Waals surface area contributed by atoms with Gasteiger partial charge in [0.15, 0.2) is 0 Å². The van der Waals surface area contributed by atoms with Gasteiger partial charge in [-0.25, -0.2) is 4.79 Å². The molecule has 1 unspecified atom stereocenters. The molecule has 0 aliphatic rings. The standard InChI is InChI=1S/C26H41N5O6/c1-19(36-14-10-28-6)7-8-29-23(32)21-15-20(18-31-25(34)37-26(2,3)4)16-22(17-21)24(33)30-11-13-35-12-9-27-5/h15-17,19H,5-14,18H2,1-4H3,(H,29,32)(H,30,33)(H,31,34). The lowest BCUT2D eigenvalue weighted by Crippen LogP contribution is -2.32. The van der Waals surface area contributed by atoms with Crippen LogP contribution in [0.1, 0.15) is 60.4 Å². The number of aliphatic imine (C=N–C) groups is 2. The van der Waals surface area contributed by atoms with E-state index in [1.807, 2.05) is 6.92 Å². The smallest absolute Gasteiger partial charge is 0.407 e. The molecular weight excluding hydrogens is 478 g/mol. The molecule has 0 fully saturated rings. The Morgan fingerprint density at radius 2 is 1.49 bits per heavy atom. The molecule has 11 heteroatoms. The van der Waals surface area contributed by atoms with Crippen LogP contribution in [0, 0.1) is 0 Å². The van der Waals surface area contributed by atoms with Crippen molar-refractivity contribution >= 4 is 31.3 Å². The average Bonchev–Trinajstić information content (AvgIpc) is 2.83. The molecule has 0 bridgehead atoms. The van der Waals surface area contributed by atoms with Crippen molar-refractivity contribution in [1.29, 1.82) is 0 Å². The predicted molar refractivity (Wildman–Crippen MR) is 144 cm³/mol. The normalized spacial score (nSPS) is 11.8. The van der Waals surface area contributed by atoms with Crippen LogP contribution in [0.15, 0.2) is 28.2 Å². The molecular formula is C26H41N5O6. The SMILES string of the molecule is C=NCCOCCNC(=O)c1cc(CNC(=O)OC(C)(C)C)cc(C(=O)NCCC(C)OCCN=C)c1. The van der Waals surface area contributed by atoms with Crippen LogP contribution in [0.3, 0.4) is 0 Å². The van der Waals surface area contributed by atoms with Crippen molar-refractivity contribution in [1.82, 2.24) is 16.0 Å². The van der Waals surface area contributed by atoms with Crippen LogP contribution in [-0.4, -0.2) is 89.0 Å². The van der Waals surface area contributed by atoms with Crippen molar-refractivity contribution in [2.75, 3.05) is 46.0 Å². The van der Waals surface area contributed by atoms with E-state index in [2.05, 4.69) is 39.4 Å². The number of hydrogen-bond acceptors (Lipinski definition) is 8. The van der Waals surface area contributed by atoms with E-state index in [9.17, 15) is 14.4 Å². The first-order valence-electron chi connectivity index (χ1n) is 12.3. The summed E-state index contributed by atoms with van der Waals surface area (Å²) in [5.74, 6) is -0.704. The van der Waals surface area contributed by atoms with Gasteiger partial charge in [0, 0.05) is 30.8 Å². The van der Waals surface area contributed by atoms with Crippen LogP contribution in [0.5, 0.6) is 0 Å². The fourth-order valence-electron chi connectivity index (χ4n) is 3.01. The first kappa shape index (κ1) is 31.7. The Kier molecular flexibility index (Phi) is 14.7. The third-order valence-electron chi connectivity index (χ3n) is 4.77. The number of ether oxygens (including phenoxy) is 3. The second-order valence-electron chi connectivity index (χ2n) is 9.26. The maximum Gasteiger partial charge on any atom is 0.407 e. The molecule has 37 heavy (non-hydrogen) atoms. The second kappa shape index (κ2) is 17.2. The highest BCUT2D eigenvalue weighted by Gasteiger charge is 2.17. The van der Waals surface area contributed by atoms with Gasteiger partial charge in [0.25, 0.3) is 11.8 Å². The quantitative estimate of drug-likeness (QED) is 0.213. The molecule has 1 atom stereocenters. The lowest BCUT2D eigenvalue weighted by molar-refractivity contribution is 0.0523. The first-order chi connectivity index (χ1) is 17.6. The Bertz CT molecular complexity index is 900. The Morgan fingerprint density at radius 1 is 0.892 bits per heavy atom. The van der Waals surface area contributed by atoms with Gasteiger partial charge < -0.3 is 30.2 Å². The third-order valence-corrected chi connectivity index (χ3v) is 4.77. The van der Waals surface area contributed by atoms with Crippen molar-refractivity contribution in [3.8, 4) is 0 Å². The Balaban J connectivity index is 2.85. The molecule has 0 aliphatic heterocycles. The van der Waals surface area contributed by atoms with E-state index in [-0.39, 0.29) is 36.6 Å². The van der Waals surface area contributed by atoms with Gasteiger partial charge in [-0.05, 0) is 71.3 Å². The van der Waals surface area contributed by atoms with Gasteiger partial charge in [0.05, 0.1) is 39.0 Å². The molecule has 1 rings (SSSR count). The maximum atomic E-state index is 12.8. The summed E-state index contributed by atoms with van der Waals surface area (Å²) in [5, 5.41) is 8.27. The number of hydrogen-bond donors (Lipinski definition) is 3. The van der Waals surface area contributed by atoms with Crippen LogP contribution in [0.2, 0.25) is 0 Å². The van der Waals surface area contributed by atoms with Crippen molar-refractivity contribution in [3.05, 3.63) is 34.9 Å². The number of amides is 3. The van der Waals surface area contributed by atoms with Gasteiger partial charge in [-0.2, -0.15) is 0 Å². The Morgan fingerprint density at radius 3 is 2.08 bits per heavy atom. The number of benzene rings is 1. The molecule has 11 nitrogen and oxygen atoms in total. The summed E-state index contributed by atoms with van der Waals surface area (Å²) in [6.45, 7) is 17.0. The van der Waals surface area contributed by atoms with E-state index in [4.69, 9.17) is 14.2 Å². The topological polar surface area (TPSA) is 140 Å². The molecule has 0 spiro atoms. The predicted octanol–water partition coefficient (Wildman–Crippen LogP) is 2.38. The molecule has 0 heterocycles. The van der Waals surface area contributed by atoms with E-state index in [1.54, 1.807) is 32.9 Å². The van der Waals surface area contributed by atoms with Crippen molar-refractivity contribution in [2.45, 2.75) is 52.4 Å². The highest BCUT2D eigenvalue weighted by molar-refractivity contribution is 6.00. The van der Waals surface area contributed by atoms with Crippen molar-refractivity contribution < 1.29 is 28.6 Å². The Hall–Kier alpha value is -3.31. The lowest BCUT2D eigenvalue weighted by Gasteiger charge is -2.20. The van der Waals surface area contributed by atoms with Crippen LogP contribution in [0.25, 0.3) is 0 Å². The summed E-state index contributed by atoms with van der Waals surface area (Å²) >= 11 is 0. The van der Waals surface area contributed by atoms with E-state index in [0.717, 1.165) is 0 Å². The van der Waals surface area contributed by atoms with E-state index in [0.29, 0.717) is 57.0 Å². The minimum atomic E-state index is -0.649. The molecule has 0 aromatic heterocycles. The fourth-order valence-corrected chi connectivity index (χ4v) is 3.01. The first-order valence-corrected chi connectivity index (χ1v) is 12.3. The summed E-state index contributed by atoms with van der Waals surface area (Å²) < 4.78 is 16.2. The van der Waals surface area contributed by atoms with E-state index < -0.39 is 11.7 Å². The molecule has 3 N–H and O–H groups in total. The zero-order valence-corrected chi connectivity index (χ0v) is 22.4. The van der Waals surface area contributed by atoms with Crippen LogP contribution >= 0.6 is 0 Å². The monoisotopic (exact) mass is 519 g/mol. The van der Waals surface area contributed by atoms with Crippen molar-refractivity contribution in [2.24, 2.45) is 9.98 Å². The van der Waals surface area contributed by atoms with Crippen molar-refractivity contribution in [3.63, 3.8) is 0 Å². The molecule has 1 aromatic carbocycles. The van der Waals surface area contributed by atoms with Gasteiger partial charge in [0.1, 0.15) is 5.60 Å². The average molecular weight is 520 g/mol. The highest BCUT2D eigenvalue weighted by Crippen LogP contribution is 2.13. The number of nitrogens with zero attached hydrogens (tertiary/aromatic N) is 2. The molecule has 0 aliphatic carbocycles. The molecule has 3 amide bonds. The molecule has 0 saturated carbocycles. The second-order valence-corrected chi connectivity index (χ2v) is 9.26. The van der Waals surface area contributed by atoms with Gasteiger partial charge in [-0.3, -0.25) is 19.6 Å². The summed E-state index contributed by atoms with van der Waals surface area (Å²) in [5.41, 5.74) is 0.510. The molecule has 1 aromatic rings.